The maximum atomic E-state index is 3.12. The minimum atomic E-state index is 1.09. The molecule has 0 atom stereocenters. The topological polar surface area (TPSA) is 12.0 Å². The van der Waals surface area contributed by atoms with Gasteiger partial charge in [-0.1, -0.05) is 12.1 Å². The number of nitrogens with one attached hydrogen (secondary N) is 1. The molecule has 1 nitrogen and oxygen atoms in total. The van der Waals surface area contributed by atoms with Crippen LogP contribution in [-0.2, 0) is 5.75 Å². The van der Waals surface area contributed by atoms with Crippen LogP contribution in [0, 0.1) is 0 Å². The molecule has 0 aliphatic rings. The summed E-state index contributed by atoms with van der Waals surface area (Å²) in [6.07, 6.45) is 2.12. The predicted molar refractivity (Wildman–Crippen MR) is 53.2 cm³/mol. The number of thioether (sulfide) groups is 1. The Morgan fingerprint density at radius 2 is 2.27 bits per heavy atom. The third-order valence-electron chi connectivity index (χ3n) is 1.53. The van der Waals surface area contributed by atoms with Gasteiger partial charge in [-0.2, -0.15) is 11.8 Å². The molecule has 0 saturated heterocycles. The van der Waals surface area contributed by atoms with E-state index in [2.05, 4.69) is 35.8 Å². The monoisotopic (exact) mass is 167 g/mol. The standard InChI is InChI=1S/C9H13NS/c1-10-9-5-3-4-8(6-9)7-11-2/h3-6,10H,7H2,1-2H3. The second kappa shape index (κ2) is 4.29. The summed E-state index contributed by atoms with van der Waals surface area (Å²) in [5.41, 5.74) is 2.57. The van der Waals surface area contributed by atoms with Crippen molar-refractivity contribution in [1.82, 2.24) is 0 Å². The number of anilines is 1. The van der Waals surface area contributed by atoms with E-state index in [4.69, 9.17) is 0 Å². The van der Waals surface area contributed by atoms with Crippen LogP contribution in [0.4, 0.5) is 5.69 Å². The van der Waals surface area contributed by atoms with Gasteiger partial charge in [-0.05, 0) is 24.0 Å². The highest BCUT2D eigenvalue weighted by Crippen LogP contribution is 2.13. The van der Waals surface area contributed by atoms with E-state index in [1.165, 1.54) is 11.3 Å². The van der Waals surface area contributed by atoms with Gasteiger partial charge in [-0.25, -0.2) is 0 Å². The summed E-state index contributed by atoms with van der Waals surface area (Å²) >= 11 is 1.85. The lowest BCUT2D eigenvalue weighted by molar-refractivity contribution is 1.39. The first-order valence-electron chi connectivity index (χ1n) is 3.62. The Hall–Kier alpha value is -0.630. The van der Waals surface area contributed by atoms with Crippen LogP contribution in [0.25, 0.3) is 0 Å². The largest absolute Gasteiger partial charge is 0.388 e. The Labute approximate surface area is 72.2 Å². The van der Waals surface area contributed by atoms with Crippen molar-refractivity contribution in [2.24, 2.45) is 0 Å². The molecule has 0 spiro atoms. The molecule has 0 fully saturated rings. The Morgan fingerprint density at radius 1 is 1.45 bits per heavy atom. The Kier molecular flexibility index (Phi) is 3.30. The van der Waals surface area contributed by atoms with Gasteiger partial charge < -0.3 is 5.32 Å². The summed E-state index contributed by atoms with van der Waals surface area (Å²) in [4.78, 5) is 0. The van der Waals surface area contributed by atoms with E-state index in [1.54, 1.807) is 0 Å². The van der Waals surface area contributed by atoms with E-state index in [9.17, 15) is 0 Å². The van der Waals surface area contributed by atoms with Crippen LogP contribution in [0.2, 0.25) is 0 Å². The molecule has 1 rings (SSSR count). The highest BCUT2D eigenvalue weighted by atomic mass is 32.2. The maximum Gasteiger partial charge on any atom is 0.0340 e. The molecule has 11 heavy (non-hydrogen) atoms. The Morgan fingerprint density at radius 3 is 2.91 bits per heavy atom. The third-order valence-corrected chi connectivity index (χ3v) is 2.15. The smallest absolute Gasteiger partial charge is 0.0340 e. The molecular formula is C9H13NS. The van der Waals surface area contributed by atoms with Gasteiger partial charge in [0, 0.05) is 18.5 Å². The van der Waals surface area contributed by atoms with E-state index < -0.39 is 0 Å². The molecule has 0 aromatic heterocycles. The molecule has 1 N–H and O–H groups in total. The average molecular weight is 167 g/mol. The predicted octanol–water partition coefficient (Wildman–Crippen LogP) is 2.59. The van der Waals surface area contributed by atoms with Gasteiger partial charge in [0.25, 0.3) is 0 Å². The van der Waals surface area contributed by atoms with E-state index in [-0.39, 0.29) is 0 Å². The van der Waals surface area contributed by atoms with Crippen LogP contribution in [0.15, 0.2) is 24.3 Å². The second-order valence-electron chi connectivity index (χ2n) is 2.38. The van der Waals surface area contributed by atoms with Crippen LogP contribution in [-0.4, -0.2) is 13.3 Å². The Bertz CT molecular complexity index is 223. The molecule has 0 saturated carbocycles. The molecule has 0 radical (unpaired) electrons. The van der Waals surface area contributed by atoms with Crippen molar-refractivity contribution in [1.29, 1.82) is 0 Å². The maximum absolute atomic E-state index is 3.12. The summed E-state index contributed by atoms with van der Waals surface area (Å²) in [6.45, 7) is 0. The molecule has 0 amide bonds. The zero-order valence-electron chi connectivity index (χ0n) is 6.92. The van der Waals surface area contributed by atoms with Gasteiger partial charge in [0.1, 0.15) is 0 Å². The first-order valence-corrected chi connectivity index (χ1v) is 5.02. The molecule has 0 aliphatic carbocycles. The van der Waals surface area contributed by atoms with E-state index in [0.717, 1.165) is 5.75 Å². The highest BCUT2D eigenvalue weighted by molar-refractivity contribution is 7.97. The van der Waals surface area contributed by atoms with Crippen molar-refractivity contribution in [3.05, 3.63) is 29.8 Å². The lowest BCUT2D eigenvalue weighted by Crippen LogP contribution is -1.88. The normalized spacial score (nSPS) is 9.64. The molecule has 1 aromatic rings. The first-order chi connectivity index (χ1) is 5.36. The van der Waals surface area contributed by atoms with Crippen LogP contribution < -0.4 is 5.32 Å². The summed E-state index contributed by atoms with van der Waals surface area (Å²) in [5.74, 6) is 1.09. The Balaban J connectivity index is 2.74. The molecule has 1 aromatic carbocycles. The minimum absolute atomic E-state index is 1.09. The van der Waals surface area contributed by atoms with Gasteiger partial charge >= 0.3 is 0 Å². The fourth-order valence-corrected chi connectivity index (χ4v) is 1.50. The number of benzene rings is 1. The lowest BCUT2D eigenvalue weighted by atomic mass is 10.2. The lowest BCUT2D eigenvalue weighted by Gasteiger charge is -2.02. The van der Waals surface area contributed by atoms with Crippen LogP contribution in [0.5, 0.6) is 0 Å². The fourth-order valence-electron chi connectivity index (χ4n) is 0.983. The van der Waals surface area contributed by atoms with Crippen molar-refractivity contribution in [2.75, 3.05) is 18.6 Å². The SMILES string of the molecule is CNc1cccc(CSC)c1. The number of rotatable bonds is 3. The van der Waals surface area contributed by atoms with Crippen LogP contribution in [0.1, 0.15) is 5.56 Å². The molecule has 60 valence electrons. The first kappa shape index (κ1) is 8.47. The molecule has 0 heterocycles. The van der Waals surface area contributed by atoms with E-state index >= 15 is 0 Å². The van der Waals surface area contributed by atoms with E-state index in [1.807, 2.05) is 18.8 Å². The zero-order chi connectivity index (χ0) is 8.10. The van der Waals surface area contributed by atoms with Gasteiger partial charge in [0.15, 0.2) is 0 Å². The highest BCUT2D eigenvalue weighted by Gasteiger charge is 1.91. The summed E-state index contributed by atoms with van der Waals surface area (Å²) in [6, 6.07) is 8.48. The minimum Gasteiger partial charge on any atom is -0.388 e. The third kappa shape index (κ3) is 2.46. The number of hydrogen-bond acceptors (Lipinski definition) is 2. The quantitative estimate of drug-likeness (QED) is 0.742. The van der Waals surface area contributed by atoms with Gasteiger partial charge in [-0.3, -0.25) is 0 Å². The summed E-state index contributed by atoms with van der Waals surface area (Å²) in [5, 5.41) is 3.12. The van der Waals surface area contributed by atoms with Gasteiger partial charge in [-0.15, -0.1) is 0 Å². The van der Waals surface area contributed by atoms with Gasteiger partial charge in [0.05, 0.1) is 0 Å². The summed E-state index contributed by atoms with van der Waals surface area (Å²) in [7, 11) is 1.94. The molecular weight excluding hydrogens is 154 g/mol. The number of hydrogen-bond donors (Lipinski definition) is 1. The molecule has 0 unspecified atom stereocenters. The molecule has 0 aliphatic heterocycles. The fraction of sp³-hybridized carbons (Fsp3) is 0.333. The average Bonchev–Trinajstić information content (AvgIpc) is 2.06. The van der Waals surface area contributed by atoms with Crippen molar-refractivity contribution in [3.63, 3.8) is 0 Å². The molecule has 0 bridgehead atoms. The second-order valence-corrected chi connectivity index (χ2v) is 3.25. The summed E-state index contributed by atoms with van der Waals surface area (Å²) < 4.78 is 0. The van der Waals surface area contributed by atoms with Crippen molar-refractivity contribution >= 4 is 17.4 Å². The van der Waals surface area contributed by atoms with Crippen molar-refractivity contribution in [3.8, 4) is 0 Å². The van der Waals surface area contributed by atoms with Crippen molar-refractivity contribution in [2.45, 2.75) is 5.75 Å². The van der Waals surface area contributed by atoms with Crippen LogP contribution in [0.3, 0.4) is 0 Å². The molecule has 2 heteroatoms. The van der Waals surface area contributed by atoms with Crippen molar-refractivity contribution < 1.29 is 0 Å². The van der Waals surface area contributed by atoms with Crippen LogP contribution >= 0.6 is 11.8 Å². The van der Waals surface area contributed by atoms with Gasteiger partial charge in [0.2, 0.25) is 0 Å². The van der Waals surface area contributed by atoms with E-state index in [0.29, 0.717) is 0 Å². The zero-order valence-corrected chi connectivity index (χ0v) is 7.74.